The minimum Gasteiger partial charge on any atom is -0.285 e. The number of hydrogen-bond acceptors (Lipinski definition) is 4. The van der Waals surface area contributed by atoms with Gasteiger partial charge in [0.15, 0.2) is 0 Å². The van der Waals surface area contributed by atoms with E-state index in [4.69, 9.17) is 0 Å². The highest BCUT2D eigenvalue weighted by molar-refractivity contribution is 6.19. The highest BCUT2D eigenvalue weighted by atomic mass is 16.2. The first-order chi connectivity index (χ1) is 10.0. The van der Waals surface area contributed by atoms with Crippen LogP contribution in [0.4, 0.5) is 0 Å². The van der Waals surface area contributed by atoms with E-state index in [9.17, 15) is 19.2 Å². The maximum atomic E-state index is 12.4. The summed E-state index contributed by atoms with van der Waals surface area (Å²) >= 11 is 0. The Balaban J connectivity index is 1.88. The van der Waals surface area contributed by atoms with Crippen LogP contribution in [-0.4, -0.2) is 40.5 Å². The van der Waals surface area contributed by atoms with Crippen molar-refractivity contribution >= 4 is 23.6 Å². The minimum absolute atomic E-state index is 0.0852. The predicted molar refractivity (Wildman–Crippen MR) is 71.4 cm³/mol. The van der Waals surface area contributed by atoms with Crippen molar-refractivity contribution in [3.05, 3.63) is 35.9 Å². The van der Waals surface area contributed by atoms with Crippen LogP contribution < -0.4 is 0 Å². The molecule has 0 N–H and O–H groups in total. The molecule has 4 amide bonds. The summed E-state index contributed by atoms with van der Waals surface area (Å²) in [4.78, 5) is 50.5. The molecule has 2 fully saturated rings. The van der Waals surface area contributed by atoms with Crippen LogP contribution in [0.2, 0.25) is 0 Å². The van der Waals surface area contributed by atoms with Crippen molar-refractivity contribution in [2.45, 2.75) is 13.0 Å². The Bertz CT molecular complexity index is 640. The molecule has 2 aliphatic rings. The van der Waals surface area contributed by atoms with Gasteiger partial charge in [-0.1, -0.05) is 30.3 Å². The topological polar surface area (TPSA) is 74.8 Å². The fourth-order valence-corrected chi connectivity index (χ4v) is 2.88. The van der Waals surface area contributed by atoms with Crippen LogP contribution in [0.25, 0.3) is 0 Å². The molecule has 6 heteroatoms. The first-order valence-corrected chi connectivity index (χ1v) is 6.70. The number of carbonyl (C=O) groups is 4. The van der Waals surface area contributed by atoms with Crippen molar-refractivity contribution in [1.29, 1.82) is 0 Å². The van der Waals surface area contributed by atoms with Crippen molar-refractivity contribution in [3.8, 4) is 0 Å². The number of imide groups is 2. The van der Waals surface area contributed by atoms with Crippen molar-refractivity contribution < 1.29 is 19.2 Å². The van der Waals surface area contributed by atoms with E-state index >= 15 is 0 Å². The fraction of sp³-hybridized carbons (Fsp3) is 0.333. The van der Waals surface area contributed by atoms with Gasteiger partial charge in [0.25, 0.3) is 0 Å². The number of amides is 4. The molecule has 0 aliphatic carbocycles. The summed E-state index contributed by atoms with van der Waals surface area (Å²) in [7, 11) is 1.35. The van der Waals surface area contributed by atoms with Crippen LogP contribution >= 0.6 is 0 Å². The number of nitrogens with zero attached hydrogens (tertiary/aromatic N) is 2. The van der Waals surface area contributed by atoms with Gasteiger partial charge in [-0.3, -0.25) is 29.0 Å². The van der Waals surface area contributed by atoms with Crippen LogP contribution in [-0.2, 0) is 25.7 Å². The van der Waals surface area contributed by atoms with Crippen LogP contribution in [0.3, 0.4) is 0 Å². The molecular weight excluding hydrogens is 272 g/mol. The van der Waals surface area contributed by atoms with E-state index < -0.39 is 35.5 Å². The van der Waals surface area contributed by atoms with Gasteiger partial charge in [-0.05, 0) is 5.56 Å². The van der Waals surface area contributed by atoms with Gasteiger partial charge in [0.1, 0.15) is 5.92 Å². The van der Waals surface area contributed by atoms with E-state index in [1.165, 1.54) is 7.05 Å². The second-order valence-corrected chi connectivity index (χ2v) is 5.33. The Hall–Kier alpha value is -2.50. The van der Waals surface area contributed by atoms with Crippen molar-refractivity contribution in [2.75, 3.05) is 7.05 Å². The smallest absolute Gasteiger partial charge is 0.242 e. The van der Waals surface area contributed by atoms with E-state index in [1.54, 1.807) is 12.1 Å². The lowest BCUT2D eigenvalue weighted by atomic mass is 9.86. The molecule has 1 aromatic carbocycles. The van der Waals surface area contributed by atoms with E-state index in [2.05, 4.69) is 0 Å². The number of rotatable bonds is 2. The number of carbonyl (C=O) groups excluding carboxylic acids is 4. The molecule has 0 radical (unpaired) electrons. The van der Waals surface area contributed by atoms with Gasteiger partial charge in [0.2, 0.25) is 23.6 Å². The van der Waals surface area contributed by atoms with Gasteiger partial charge in [-0.25, -0.2) is 0 Å². The summed E-state index contributed by atoms with van der Waals surface area (Å²) in [6.07, 6.45) is -0.0852. The second kappa shape index (κ2) is 4.80. The molecule has 2 aliphatic heterocycles. The van der Waals surface area contributed by atoms with E-state index in [0.717, 1.165) is 15.4 Å². The van der Waals surface area contributed by atoms with E-state index in [-0.39, 0.29) is 13.0 Å². The third-order valence-corrected chi connectivity index (χ3v) is 4.06. The van der Waals surface area contributed by atoms with Crippen LogP contribution in [0, 0.1) is 11.8 Å². The summed E-state index contributed by atoms with van der Waals surface area (Å²) in [5.41, 5.74) is 0.808. The third-order valence-electron chi connectivity index (χ3n) is 4.06. The Labute approximate surface area is 121 Å². The highest BCUT2D eigenvalue weighted by Crippen LogP contribution is 2.34. The summed E-state index contributed by atoms with van der Waals surface area (Å²) < 4.78 is 0. The SMILES string of the molecule is CN1C(=O)[C@H]2C(=O)N(Cc3ccccc3)C(=O)C[C@H]2C1=O. The monoisotopic (exact) mass is 286 g/mol. The molecule has 0 unspecified atom stereocenters. The number of hydrogen-bond donors (Lipinski definition) is 0. The molecule has 0 spiro atoms. The number of piperidine rings is 1. The maximum Gasteiger partial charge on any atom is 0.242 e. The minimum atomic E-state index is -1.04. The molecular formula is C15H14N2O4. The molecule has 2 saturated heterocycles. The summed E-state index contributed by atoms with van der Waals surface area (Å²) in [6, 6.07) is 9.08. The summed E-state index contributed by atoms with van der Waals surface area (Å²) in [6.45, 7) is 0.132. The van der Waals surface area contributed by atoms with Gasteiger partial charge in [-0.2, -0.15) is 0 Å². The molecule has 6 nitrogen and oxygen atoms in total. The molecule has 2 atom stereocenters. The van der Waals surface area contributed by atoms with E-state index in [0.29, 0.717) is 0 Å². The maximum absolute atomic E-state index is 12.4. The molecule has 1 aromatic rings. The standard InChI is InChI=1S/C15H14N2O4/c1-16-13(19)10-7-11(18)17(15(21)12(10)14(16)20)8-9-5-3-2-4-6-9/h2-6,10,12H,7-8H2,1H3/t10-,12+/m1/s1. The first-order valence-electron chi connectivity index (χ1n) is 6.70. The fourth-order valence-electron chi connectivity index (χ4n) is 2.88. The average Bonchev–Trinajstić information content (AvgIpc) is 2.69. The van der Waals surface area contributed by atoms with Crippen molar-refractivity contribution in [2.24, 2.45) is 11.8 Å². The molecule has 108 valence electrons. The van der Waals surface area contributed by atoms with Gasteiger partial charge in [0, 0.05) is 13.5 Å². The summed E-state index contributed by atoms with van der Waals surface area (Å²) in [5, 5.41) is 0. The van der Waals surface area contributed by atoms with Crippen LogP contribution in [0.15, 0.2) is 30.3 Å². The molecule has 0 saturated carbocycles. The third kappa shape index (κ3) is 2.03. The summed E-state index contributed by atoms with van der Waals surface area (Å²) in [5.74, 6) is -3.78. The first kappa shape index (κ1) is 13.5. The molecule has 0 aromatic heterocycles. The largest absolute Gasteiger partial charge is 0.285 e. The van der Waals surface area contributed by atoms with Crippen LogP contribution in [0.1, 0.15) is 12.0 Å². The van der Waals surface area contributed by atoms with Crippen molar-refractivity contribution in [3.63, 3.8) is 0 Å². The normalized spacial score (nSPS) is 25.6. The van der Waals surface area contributed by atoms with Gasteiger partial charge in [-0.15, -0.1) is 0 Å². The van der Waals surface area contributed by atoms with Gasteiger partial charge >= 0.3 is 0 Å². The van der Waals surface area contributed by atoms with Crippen LogP contribution in [0.5, 0.6) is 0 Å². The molecule has 21 heavy (non-hydrogen) atoms. The Morgan fingerprint density at radius 1 is 1.00 bits per heavy atom. The van der Waals surface area contributed by atoms with Gasteiger partial charge < -0.3 is 0 Å². The molecule has 3 rings (SSSR count). The lowest BCUT2D eigenvalue weighted by molar-refractivity contribution is -0.157. The van der Waals surface area contributed by atoms with Gasteiger partial charge in [0.05, 0.1) is 12.5 Å². The Morgan fingerprint density at radius 3 is 2.33 bits per heavy atom. The second-order valence-electron chi connectivity index (χ2n) is 5.33. The number of fused-ring (bicyclic) bond motifs is 1. The zero-order valence-electron chi connectivity index (χ0n) is 11.5. The predicted octanol–water partition coefficient (Wildman–Crippen LogP) is 0.176. The highest BCUT2D eigenvalue weighted by Gasteiger charge is 2.55. The Morgan fingerprint density at radius 2 is 1.67 bits per heavy atom. The molecule has 0 bridgehead atoms. The lowest BCUT2D eigenvalue weighted by Gasteiger charge is -2.30. The zero-order chi connectivity index (χ0) is 15.1. The Kier molecular flexibility index (Phi) is 3.08. The molecule has 2 heterocycles. The van der Waals surface area contributed by atoms with E-state index in [1.807, 2.05) is 18.2 Å². The number of benzene rings is 1. The average molecular weight is 286 g/mol. The number of likely N-dealkylation sites (tertiary alicyclic amines) is 2. The van der Waals surface area contributed by atoms with Crippen molar-refractivity contribution in [1.82, 2.24) is 9.80 Å². The lowest BCUT2D eigenvalue weighted by Crippen LogP contribution is -2.49. The zero-order valence-corrected chi connectivity index (χ0v) is 11.5. The quantitative estimate of drug-likeness (QED) is 0.574.